The van der Waals surface area contributed by atoms with Gasteiger partial charge in [-0.05, 0) is 54.4 Å². The highest BCUT2D eigenvalue weighted by Crippen LogP contribution is 2.40. The number of aromatic nitrogens is 6. The number of aryl methyl sites for hydroxylation is 1. The van der Waals surface area contributed by atoms with Crippen LogP contribution in [0.5, 0.6) is 5.75 Å². The number of hydrogen-bond acceptors (Lipinski definition) is 6. The summed E-state index contributed by atoms with van der Waals surface area (Å²) in [5, 5.41) is 20.8. The fourth-order valence-corrected chi connectivity index (χ4v) is 4.50. The number of anilines is 1. The number of benzene rings is 2. The highest BCUT2D eigenvalue weighted by Gasteiger charge is 2.33. The predicted octanol–water partition coefficient (Wildman–Crippen LogP) is 4.32. The lowest BCUT2D eigenvalue weighted by Crippen LogP contribution is -2.25. The number of nitrogens with one attached hydrogen (secondary N) is 1. The van der Waals surface area contributed by atoms with Crippen molar-refractivity contribution in [3.05, 3.63) is 94.4 Å². The van der Waals surface area contributed by atoms with Crippen LogP contribution in [0.3, 0.4) is 0 Å². The highest BCUT2D eigenvalue weighted by molar-refractivity contribution is 6.30. The van der Waals surface area contributed by atoms with Crippen LogP contribution >= 0.6 is 11.6 Å². The van der Waals surface area contributed by atoms with E-state index in [-0.39, 0.29) is 11.8 Å². The van der Waals surface area contributed by atoms with Crippen LogP contribution in [0.2, 0.25) is 5.02 Å². The summed E-state index contributed by atoms with van der Waals surface area (Å²) in [4.78, 5) is 12.7. The van der Waals surface area contributed by atoms with E-state index in [9.17, 15) is 4.79 Å². The predicted molar refractivity (Wildman–Crippen MR) is 130 cm³/mol. The summed E-state index contributed by atoms with van der Waals surface area (Å²) in [7, 11) is 0. The summed E-state index contributed by atoms with van der Waals surface area (Å²) in [6.07, 6.45) is 1.86. The van der Waals surface area contributed by atoms with Crippen molar-refractivity contribution in [2.24, 2.45) is 0 Å². The monoisotopic (exact) mass is 485 g/mol. The van der Waals surface area contributed by atoms with Crippen LogP contribution in [-0.2, 0) is 11.4 Å². The smallest absolute Gasteiger partial charge is 0.226 e. The minimum Gasteiger partial charge on any atom is -0.489 e. The zero-order valence-corrected chi connectivity index (χ0v) is 19.5. The van der Waals surface area contributed by atoms with Crippen molar-refractivity contribution in [2.45, 2.75) is 25.9 Å². The Balaban J connectivity index is 1.29. The van der Waals surface area contributed by atoms with Gasteiger partial charge in [0.05, 0.1) is 5.69 Å². The molecule has 6 rings (SSSR count). The van der Waals surface area contributed by atoms with Gasteiger partial charge in [-0.3, -0.25) is 4.79 Å². The lowest BCUT2D eigenvalue weighted by atomic mass is 9.86. The van der Waals surface area contributed by atoms with Crippen molar-refractivity contribution < 1.29 is 9.53 Å². The Morgan fingerprint density at radius 1 is 1.06 bits per heavy atom. The maximum Gasteiger partial charge on any atom is 0.226 e. The van der Waals surface area contributed by atoms with Crippen molar-refractivity contribution in [2.75, 3.05) is 5.32 Å². The van der Waals surface area contributed by atoms with E-state index in [0.717, 1.165) is 28.1 Å². The summed E-state index contributed by atoms with van der Waals surface area (Å²) < 4.78 is 9.16. The topological polar surface area (TPSA) is 99.2 Å². The lowest BCUT2D eigenvalue weighted by molar-refractivity contribution is -0.116. The second-order valence-electron chi connectivity index (χ2n) is 8.37. The molecule has 3 aromatic heterocycles. The molecular formula is C25H20ClN7O2. The molecule has 1 N–H and O–H groups in total. The Bertz CT molecular complexity index is 1540. The van der Waals surface area contributed by atoms with E-state index in [4.69, 9.17) is 21.4 Å². The maximum absolute atomic E-state index is 12.7. The molecule has 1 atom stereocenters. The average molecular weight is 486 g/mol. The molecule has 10 heteroatoms. The number of carbonyl (C=O) groups is 1. The van der Waals surface area contributed by atoms with Gasteiger partial charge in [0.2, 0.25) is 5.91 Å². The number of rotatable bonds is 5. The second kappa shape index (κ2) is 8.52. The van der Waals surface area contributed by atoms with E-state index in [0.29, 0.717) is 35.3 Å². The van der Waals surface area contributed by atoms with Gasteiger partial charge in [0.25, 0.3) is 0 Å². The molecule has 0 spiro atoms. The molecule has 0 saturated heterocycles. The van der Waals surface area contributed by atoms with Gasteiger partial charge >= 0.3 is 0 Å². The average Bonchev–Trinajstić information content (AvgIpc) is 3.47. The molecule has 1 amide bonds. The Morgan fingerprint density at radius 3 is 2.66 bits per heavy atom. The van der Waals surface area contributed by atoms with Crippen LogP contribution in [0.1, 0.15) is 34.7 Å². The van der Waals surface area contributed by atoms with Crippen molar-refractivity contribution >= 4 is 29.0 Å². The summed E-state index contributed by atoms with van der Waals surface area (Å²) in [5.74, 6) is 1.75. The first-order chi connectivity index (χ1) is 17.0. The first-order valence-electron chi connectivity index (χ1n) is 11.1. The Kier molecular flexibility index (Phi) is 5.18. The van der Waals surface area contributed by atoms with Gasteiger partial charge in [0, 0.05) is 22.9 Å². The van der Waals surface area contributed by atoms with E-state index < -0.39 is 0 Å². The van der Waals surface area contributed by atoms with E-state index >= 15 is 0 Å². The molecule has 0 radical (unpaired) electrons. The molecule has 4 heterocycles. The Labute approximate surface area is 205 Å². The standard InChI is InChI=1S/C25H20ClN7O2/c1-15-24-20(17-4-8-19(9-5-17)35-13-16-2-6-18(26)7-3-16)12-23(34)28-25(24)33(30-15)22-11-10-21-29-27-14-32(21)31-22/h2-11,14,20H,12-13H2,1H3,(H,28,34)/t20-/m0/s1. The van der Waals surface area contributed by atoms with Crippen molar-refractivity contribution in [1.29, 1.82) is 0 Å². The molecule has 2 aromatic carbocycles. The number of hydrogen-bond donors (Lipinski definition) is 1. The number of nitrogens with zero attached hydrogens (tertiary/aromatic N) is 6. The van der Waals surface area contributed by atoms with E-state index in [1.807, 2.05) is 61.5 Å². The van der Waals surface area contributed by atoms with Crippen LogP contribution in [0.4, 0.5) is 5.82 Å². The largest absolute Gasteiger partial charge is 0.489 e. The van der Waals surface area contributed by atoms with Gasteiger partial charge in [-0.25, -0.2) is 0 Å². The van der Waals surface area contributed by atoms with Gasteiger partial charge in [0.15, 0.2) is 11.5 Å². The van der Waals surface area contributed by atoms with Gasteiger partial charge in [-0.15, -0.1) is 15.3 Å². The molecule has 1 aliphatic rings. The number of fused-ring (bicyclic) bond motifs is 2. The number of ether oxygens (including phenoxy) is 1. The minimum atomic E-state index is -0.128. The lowest BCUT2D eigenvalue weighted by Gasteiger charge is -2.24. The number of halogens is 1. The number of carbonyl (C=O) groups excluding carboxylic acids is 1. The van der Waals surface area contributed by atoms with Crippen molar-refractivity contribution in [3.63, 3.8) is 0 Å². The molecule has 0 unspecified atom stereocenters. The SMILES string of the molecule is Cc1nn(-c2ccc3nncn3n2)c2c1[C@H](c1ccc(OCc3ccc(Cl)cc3)cc1)CC(=O)N2. The summed E-state index contributed by atoms with van der Waals surface area (Å²) >= 11 is 5.95. The van der Waals surface area contributed by atoms with E-state index in [1.165, 1.54) is 6.33 Å². The first kappa shape index (κ1) is 21.3. The van der Waals surface area contributed by atoms with Gasteiger partial charge in [0.1, 0.15) is 24.5 Å². The van der Waals surface area contributed by atoms with Crippen molar-refractivity contribution in [3.8, 4) is 11.6 Å². The van der Waals surface area contributed by atoms with Gasteiger partial charge < -0.3 is 10.1 Å². The molecule has 0 aliphatic carbocycles. The Hall–Kier alpha value is -4.24. The number of amides is 1. The summed E-state index contributed by atoms with van der Waals surface area (Å²) in [6.45, 7) is 2.39. The third-order valence-electron chi connectivity index (χ3n) is 6.07. The van der Waals surface area contributed by atoms with Crippen LogP contribution in [0.15, 0.2) is 67.0 Å². The summed E-state index contributed by atoms with van der Waals surface area (Å²) in [5.41, 5.74) is 4.49. The molecule has 1 aliphatic heterocycles. The molecule has 5 aromatic rings. The van der Waals surface area contributed by atoms with E-state index in [1.54, 1.807) is 15.3 Å². The second-order valence-corrected chi connectivity index (χ2v) is 8.81. The zero-order chi connectivity index (χ0) is 23.9. The zero-order valence-electron chi connectivity index (χ0n) is 18.7. The summed E-state index contributed by atoms with van der Waals surface area (Å²) in [6, 6.07) is 19.0. The highest BCUT2D eigenvalue weighted by atomic mass is 35.5. The maximum atomic E-state index is 12.7. The molecule has 0 fully saturated rings. The third kappa shape index (κ3) is 4.00. The molecular weight excluding hydrogens is 466 g/mol. The molecule has 9 nitrogen and oxygen atoms in total. The van der Waals surface area contributed by atoms with Crippen LogP contribution in [0.25, 0.3) is 11.5 Å². The Morgan fingerprint density at radius 2 is 1.86 bits per heavy atom. The third-order valence-corrected chi connectivity index (χ3v) is 6.32. The minimum absolute atomic E-state index is 0.0721. The quantitative estimate of drug-likeness (QED) is 0.398. The normalized spacial score (nSPS) is 15.1. The van der Waals surface area contributed by atoms with Gasteiger partial charge in [-0.1, -0.05) is 35.9 Å². The fraction of sp³-hybridized carbons (Fsp3) is 0.160. The van der Waals surface area contributed by atoms with Crippen LogP contribution in [-0.4, -0.2) is 35.5 Å². The molecule has 35 heavy (non-hydrogen) atoms. The van der Waals surface area contributed by atoms with Gasteiger partial charge in [-0.2, -0.15) is 14.3 Å². The molecule has 174 valence electrons. The van der Waals surface area contributed by atoms with E-state index in [2.05, 4.69) is 20.6 Å². The molecule has 0 saturated carbocycles. The van der Waals surface area contributed by atoms with Crippen LogP contribution < -0.4 is 10.1 Å². The first-order valence-corrected chi connectivity index (χ1v) is 11.5. The van der Waals surface area contributed by atoms with Crippen LogP contribution in [0, 0.1) is 6.92 Å². The molecule has 0 bridgehead atoms. The fourth-order valence-electron chi connectivity index (χ4n) is 4.37. The van der Waals surface area contributed by atoms with Crippen molar-refractivity contribution in [1.82, 2.24) is 29.6 Å².